The van der Waals surface area contributed by atoms with E-state index in [4.69, 9.17) is 14.7 Å². The molecule has 0 amide bonds. The fraction of sp³-hybridized carbons (Fsp3) is 0.353. The Balaban J connectivity index is 2.53. The van der Waals surface area contributed by atoms with Crippen LogP contribution in [-0.4, -0.2) is 29.7 Å². The van der Waals surface area contributed by atoms with Gasteiger partial charge in [-0.3, -0.25) is 0 Å². The smallest absolute Gasteiger partial charge is 0.354 e. The summed E-state index contributed by atoms with van der Waals surface area (Å²) in [6.07, 6.45) is 0.250. The zero-order valence-electron chi connectivity index (χ0n) is 13.2. The zero-order chi connectivity index (χ0) is 16.8. The van der Waals surface area contributed by atoms with Crippen LogP contribution in [0.3, 0.4) is 0 Å². The Morgan fingerprint density at radius 1 is 1.13 bits per heavy atom. The molecule has 2 rings (SSSR count). The van der Waals surface area contributed by atoms with Crippen LogP contribution >= 0.6 is 0 Å². The third-order valence-corrected chi connectivity index (χ3v) is 3.35. The lowest BCUT2D eigenvalue weighted by Gasteiger charge is -2.09. The number of carbonyl (C=O) groups is 2. The largest absolute Gasteiger partial charge is 0.462 e. The van der Waals surface area contributed by atoms with E-state index < -0.39 is 11.9 Å². The quantitative estimate of drug-likeness (QED) is 0.766. The number of hydrogen-bond acceptors (Lipinski definition) is 5. The molecule has 0 radical (unpaired) electrons. The summed E-state index contributed by atoms with van der Waals surface area (Å²) in [7, 11) is 0. The minimum Gasteiger partial charge on any atom is -0.462 e. The van der Waals surface area contributed by atoms with Gasteiger partial charge in [-0.2, -0.15) is 5.26 Å². The van der Waals surface area contributed by atoms with Gasteiger partial charge < -0.3 is 14.0 Å². The molecule has 0 aliphatic carbocycles. The third-order valence-electron chi connectivity index (χ3n) is 3.35. The molecule has 0 saturated carbocycles. The maximum Gasteiger partial charge on any atom is 0.354 e. The molecule has 2 aromatic rings. The SMILES string of the molecule is CCOC(=O)c1ccc2cc(C(=O)OCC)n(CCC#N)c2c1. The van der Waals surface area contributed by atoms with Gasteiger partial charge in [0.15, 0.2) is 0 Å². The standard InChI is InChI=1S/C17H18N2O4/c1-3-22-16(20)13-7-6-12-10-15(17(21)23-4-2)19(9-5-8-18)14(12)11-13/h6-7,10-11H,3-5,9H2,1-2H3. The minimum absolute atomic E-state index is 0.250. The van der Waals surface area contributed by atoms with Crippen LogP contribution in [0.4, 0.5) is 0 Å². The van der Waals surface area contributed by atoms with Gasteiger partial charge in [0, 0.05) is 17.4 Å². The van der Waals surface area contributed by atoms with E-state index in [0.29, 0.717) is 29.9 Å². The van der Waals surface area contributed by atoms with Crippen LogP contribution in [0.2, 0.25) is 0 Å². The second kappa shape index (κ2) is 7.45. The summed E-state index contributed by atoms with van der Waals surface area (Å²) >= 11 is 0. The zero-order valence-corrected chi connectivity index (χ0v) is 13.2. The summed E-state index contributed by atoms with van der Waals surface area (Å²) in [4.78, 5) is 24.0. The number of nitriles is 1. The lowest BCUT2D eigenvalue weighted by atomic mass is 10.1. The molecule has 1 aromatic heterocycles. The first-order valence-corrected chi connectivity index (χ1v) is 7.46. The van der Waals surface area contributed by atoms with E-state index in [2.05, 4.69) is 6.07 Å². The van der Waals surface area contributed by atoms with E-state index in [1.54, 1.807) is 42.7 Å². The Morgan fingerprint density at radius 2 is 1.83 bits per heavy atom. The predicted octanol–water partition coefficient (Wildman–Crippen LogP) is 2.91. The number of hydrogen-bond donors (Lipinski definition) is 0. The van der Waals surface area contributed by atoms with Crippen molar-refractivity contribution in [3.8, 4) is 6.07 Å². The average Bonchev–Trinajstić information content (AvgIpc) is 2.91. The van der Waals surface area contributed by atoms with Gasteiger partial charge in [0.05, 0.1) is 31.3 Å². The van der Waals surface area contributed by atoms with Gasteiger partial charge in [-0.15, -0.1) is 0 Å². The first kappa shape index (κ1) is 16.6. The third kappa shape index (κ3) is 3.51. The molecule has 0 bridgehead atoms. The van der Waals surface area contributed by atoms with Gasteiger partial charge in [-0.1, -0.05) is 6.07 Å². The topological polar surface area (TPSA) is 81.3 Å². The van der Waals surface area contributed by atoms with E-state index >= 15 is 0 Å². The van der Waals surface area contributed by atoms with Gasteiger partial charge in [-0.05, 0) is 32.0 Å². The first-order chi connectivity index (χ1) is 11.1. The van der Waals surface area contributed by atoms with Crippen LogP contribution in [0.1, 0.15) is 41.1 Å². The number of ether oxygens (including phenoxy) is 2. The van der Waals surface area contributed by atoms with Crippen molar-refractivity contribution in [2.75, 3.05) is 13.2 Å². The maximum absolute atomic E-state index is 12.1. The molecule has 23 heavy (non-hydrogen) atoms. The Labute approximate surface area is 134 Å². The highest BCUT2D eigenvalue weighted by atomic mass is 16.5. The second-order valence-electron chi connectivity index (χ2n) is 4.80. The van der Waals surface area contributed by atoms with Crippen molar-refractivity contribution >= 4 is 22.8 Å². The Bertz CT molecular complexity index is 771. The molecular weight excluding hydrogens is 296 g/mol. The maximum atomic E-state index is 12.1. The molecule has 0 saturated heterocycles. The Kier molecular flexibility index (Phi) is 5.36. The van der Waals surface area contributed by atoms with Crippen LogP contribution < -0.4 is 0 Å². The van der Waals surface area contributed by atoms with Crippen molar-refractivity contribution in [1.82, 2.24) is 4.57 Å². The summed E-state index contributed by atoms with van der Waals surface area (Å²) in [5.74, 6) is -0.862. The molecule has 1 heterocycles. The fourth-order valence-electron chi connectivity index (χ4n) is 2.37. The van der Waals surface area contributed by atoms with Crippen LogP contribution in [0.25, 0.3) is 10.9 Å². The summed E-state index contributed by atoms with van der Waals surface area (Å²) in [6.45, 7) is 4.39. The van der Waals surface area contributed by atoms with Gasteiger partial charge in [0.1, 0.15) is 5.69 Å². The van der Waals surface area contributed by atoms with Crippen molar-refractivity contribution in [3.63, 3.8) is 0 Å². The van der Waals surface area contributed by atoms with Gasteiger partial charge >= 0.3 is 11.9 Å². The Hall–Kier alpha value is -2.81. The number of carbonyl (C=O) groups excluding carboxylic acids is 2. The number of aromatic nitrogens is 1. The van der Waals surface area contributed by atoms with Crippen LogP contribution in [0, 0.1) is 11.3 Å². The fourth-order valence-corrected chi connectivity index (χ4v) is 2.37. The highest BCUT2D eigenvalue weighted by Crippen LogP contribution is 2.23. The van der Waals surface area contributed by atoms with E-state index in [0.717, 1.165) is 5.39 Å². The van der Waals surface area contributed by atoms with Gasteiger partial charge in [0.25, 0.3) is 0 Å². The lowest BCUT2D eigenvalue weighted by molar-refractivity contribution is 0.0510. The molecule has 0 unspecified atom stereocenters. The molecule has 0 atom stereocenters. The van der Waals surface area contributed by atoms with Crippen molar-refractivity contribution < 1.29 is 19.1 Å². The molecule has 0 aliphatic rings. The molecule has 0 fully saturated rings. The van der Waals surface area contributed by atoms with E-state index in [9.17, 15) is 9.59 Å². The normalized spacial score (nSPS) is 10.3. The summed E-state index contributed by atoms with van der Waals surface area (Å²) in [5.41, 5.74) is 1.48. The summed E-state index contributed by atoms with van der Waals surface area (Å²) < 4.78 is 11.8. The molecule has 6 nitrogen and oxygen atoms in total. The summed E-state index contributed by atoms with van der Waals surface area (Å²) in [5, 5.41) is 9.63. The number of esters is 2. The molecule has 120 valence electrons. The van der Waals surface area contributed by atoms with Crippen molar-refractivity contribution in [2.45, 2.75) is 26.8 Å². The Morgan fingerprint density at radius 3 is 2.48 bits per heavy atom. The molecular formula is C17H18N2O4. The minimum atomic E-state index is -0.445. The molecule has 0 aliphatic heterocycles. The molecule has 6 heteroatoms. The van der Waals surface area contributed by atoms with Crippen LogP contribution in [-0.2, 0) is 16.0 Å². The molecule has 0 spiro atoms. The monoisotopic (exact) mass is 314 g/mol. The van der Waals surface area contributed by atoms with Gasteiger partial charge in [-0.25, -0.2) is 9.59 Å². The van der Waals surface area contributed by atoms with Crippen LogP contribution in [0.15, 0.2) is 24.3 Å². The van der Waals surface area contributed by atoms with Crippen molar-refractivity contribution in [3.05, 3.63) is 35.5 Å². The van der Waals surface area contributed by atoms with E-state index in [1.807, 2.05) is 0 Å². The highest BCUT2D eigenvalue weighted by molar-refractivity contribution is 5.99. The second-order valence-corrected chi connectivity index (χ2v) is 4.80. The highest BCUT2D eigenvalue weighted by Gasteiger charge is 2.18. The van der Waals surface area contributed by atoms with E-state index in [1.165, 1.54) is 0 Å². The van der Waals surface area contributed by atoms with Crippen LogP contribution in [0.5, 0.6) is 0 Å². The molecule has 0 N–H and O–H groups in total. The molecule has 1 aromatic carbocycles. The first-order valence-electron chi connectivity index (χ1n) is 7.46. The average molecular weight is 314 g/mol. The summed E-state index contributed by atoms with van der Waals surface area (Å²) in [6, 6.07) is 8.86. The van der Waals surface area contributed by atoms with E-state index in [-0.39, 0.29) is 13.0 Å². The van der Waals surface area contributed by atoms with Crippen molar-refractivity contribution in [1.29, 1.82) is 5.26 Å². The number of aryl methyl sites for hydroxylation is 1. The number of rotatable bonds is 6. The van der Waals surface area contributed by atoms with Gasteiger partial charge in [0.2, 0.25) is 0 Å². The van der Waals surface area contributed by atoms with Crippen molar-refractivity contribution in [2.24, 2.45) is 0 Å². The number of fused-ring (bicyclic) bond motifs is 1. The number of nitrogens with zero attached hydrogens (tertiary/aromatic N) is 2. The number of benzene rings is 1. The lowest BCUT2D eigenvalue weighted by Crippen LogP contribution is -2.12. The predicted molar refractivity (Wildman–Crippen MR) is 84.1 cm³/mol.